The van der Waals surface area contributed by atoms with Crippen LogP contribution in [0, 0.1) is 0 Å². The van der Waals surface area contributed by atoms with Gasteiger partial charge in [-0.3, -0.25) is 4.79 Å². The molecule has 5 N–H and O–H groups in total. The minimum absolute atomic E-state index is 0.117. The molecule has 2 heterocycles. The lowest BCUT2D eigenvalue weighted by Crippen LogP contribution is -2.42. The molecule has 1 atom stereocenters. The summed E-state index contributed by atoms with van der Waals surface area (Å²) in [5.74, 6) is 0.204. The first-order chi connectivity index (χ1) is 10.1. The molecule has 1 aliphatic rings. The van der Waals surface area contributed by atoms with E-state index in [1.54, 1.807) is 0 Å². The smallest absolute Gasteiger partial charge is 0.265 e. The fourth-order valence-corrected chi connectivity index (χ4v) is 3.40. The molecule has 2 rings (SSSR count). The number of nitrogens with one attached hydrogen (secondary N) is 1. The molecule has 0 bridgehead atoms. The van der Waals surface area contributed by atoms with Crippen LogP contribution < -0.4 is 21.7 Å². The Morgan fingerprint density at radius 3 is 3.05 bits per heavy atom. The number of thiazole rings is 1. The molecule has 1 unspecified atom stereocenters. The van der Waals surface area contributed by atoms with Crippen molar-refractivity contribution in [2.45, 2.75) is 45.1 Å². The van der Waals surface area contributed by atoms with Gasteiger partial charge in [0.2, 0.25) is 0 Å². The third-order valence-electron chi connectivity index (χ3n) is 3.64. The third-order valence-corrected chi connectivity index (χ3v) is 4.77. The minimum Gasteiger partial charge on any atom is -0.382 e. The zero-order valence-corrected chi connectivity index (χ0v) is 13.4. The first-order valence-electron chi connectivity index (χ1n) is 7.66. The van der Waals surface area contributed by atoms with Gasteiger partial charge in [0.25, 0.3) is 5.91 Å². The fraction of sp³-hybridized carbons (Fsp3) is 0.714. The van der Waals surface area contributed by atoms with Gasteiger partial charge in [-0.2, -0.15) is 0 Å². The van der Waals surface area contributed by atoms with Crippen LogP contribution in [0.2, 0.25) is 0 Å². The zero-order chi connectivity index (χ0) is 15.2. The Bertz CT molecular complexity index is 476. The summed E-state index contributed by atoms with van der Waals surface area (Å²) in [7, 11) is 0. The summed E-state index contributed by atoms with van der Waals surface area (Å²) in [6.45, 7) is 4.54. The molecule has 1 aromatic heterocycles. The summed E-state index contributed by atoms with van der Waals surface area (Å²) in [6.07, 6.45) is 5.35. The van der Waals surface area contributed by atoms with E-state index in [0.717, 1.165) is 50.3 Å². The zero-order valence-electron chi connectivity index (χ0n) is 12.6. The van der Waals surface area contributed by atoms with Crippen molar-refractivity contribution in [1.82, 2.24) is 10.3 Å². The van der Waals surface area contributed by atoms with Crippen molar-refractivity contribution in [3.05, 3.63) is 4.88 Å². The molecule has 1 fully saturated rings. The van der Waals surface area contributed by atoms with E-state index in [0.29, 0.717) is 17.2 Å². The van der Waals surface area contributed by atoms with Crippen LogP contribution >= 0.6 is 11.3 Å². The molecule has 0 saturated carbocycles. The Labute approximate surface area is 129 Å². The van der Waals surface area contributed by atoms with Gasteiger partial charge in [0, 0.05) is 25.7 Å². The maximum Gasteiger partial charge on any atom is 0.265 e. The SMILES string of the molecule is CCCCCNC(=O)c1sc(N2CCCC(N)C2)nc1N. The molecule has 0 aliphatic carbocycles. The Hall–Kier alpha value is -1.34. The summed E-state index contributed by atoms with van der Waals surface area (Å²) in [5.41, 5.74) is 11.9. The predicted octanol–water partition coefficient (Wildman–Crippen LogP) is 1.57. The molecule has 0 spiro atoms. The second-order valence-corrected chi connectivity index (χ2v) is 6.50. The number of carbonyl (C=O) groups is 1. The van der Waals surface area contributed by atoms with Crippen molar-refractivity contribution in [1.29, 1.82) is 0 Å². The summed E-state index contributed by atoms with van der Waals surface area (Å²) in [4.78, 5) is 19.1. The number of anilines is 2. The molecular formula is C14H25N5OS. The van der Waals surface area contributed by atoms with Gasteiger partial charge in [0.15, 0.2) is 5.13 Å². The van der Waals surface area contributed by atoms with Crippen LogP contribution in [0.1, 0.15) is 48.7 Å². The van der Waals surface area contributed by atoms with Crippen LogP contribution in [0.25, 0.3) is 0 Å². The van der Waals surface area contributed by atoms with Gasteiger partial charge < -0.3 is 21.7 Å². The highest BCUT2D eigenvalue weighted by Crippen LogP contribution is 2.29. The van der Waals surface area contributed by atoms with Crippen molar-refractivity contribution in [3.63, 3.8) is 0 Å². The lowest BCUT2D eigenvalue weighted by Gasteiger charge is -2.30. The fourth-order valence-electron chi connectivity index (χ4n) is 2.46. The average Bonchev–Trinajstić information content (AvgIpc) is 2.85. The monoisotopic (exact) mass is 311 g/mol. The van der Waals surface area contributed by atoms with E-state index in [2.05, 4.69) is 22.1 Å². The first kappa shape index (κ1) is 16.0. The molecule has 1 aromatic rings. The van der Waals surface area contributed by atoms with Gasteiger partial charge in [0.05, 0.1) is 0 Å². The maximum atomic E-state index is 12.1. The van der Waals surface area contributed by atoms with Gasteiger partial charge in [-0.15, -0.1) is 0 Å². The van der Waals surface area contributed by atoms with Crippen molar-refractivity contribution >= 4 is 28.2 Å². The molecule has 1 saturated heterocycles. The van der Waals surface area contributed by atoms with Gasteiger partial charge in [-0.05, 0) is 19.3 Å². The summed E-state index contributed by atoms with van der Waals surface area (Å²) < 4.78 is 0. The number of carbonyl (C=O) groups excluding carboxylic acids is 1. The van der Waals surface area contributed by atoms with E-state index in [1.807, 2.05) is 0 Å². The highest BCUT2D eigenvalue weighted by atomic mass is 32.1. The lowest BCUT2D eigenvalue weighted by atomic mass is 10.1. The van der Waals surface area contributed by atoms with Crippen molar-refractivity contribution in [2.24, 2.45) is 5.73 Å². The van der Waals surface area contributed by atoms with Crippen molar-refractivity contribution in [3.8, 4) is 0 Å². The molecule has 0 aromatic carbocycles. The molecule has 118 valence electrons. The van der Waals surface area contributed by atoms with Gasteiger partial charge in [0.1, 0.15) is 10.7 Å². The van der Waals surface area contributed by atoms with Crippen molar-refractivity contribution in [2.75, 3.05) is 30.3 Å². The van der Waals surface area contributed by atoms with Crippen LogP contribution in [0.4, 0.5) is 10.9 Å². The Morgan fingerprint density at radius 1 is 1.52 bits per heavy atom. The minimum atomic E-state index is -0.117. The topological polar surface area (TPSA) is 97.3 Å². The van der Waals surface area contributed by atoms with E-state index >= 15 is 0 Å². The Morgan fingerprint density at radius 2 is 2.33 bits per heavy atom. The lowest BCUT2D eigenvalue weighted by molar-refractivity contribution is 0.0957. The second-order valence-electron chi connectivity index (χ2n) is 5.52. The molecule has 1 aliphatic heterocycles. The second kappa shape index (κ2) is 7.61. The summed E-state index contributed by atoms with van der Waals surface area (Å²) >= 11 is 1.36. The first-order valence-corrected chi connectivity index (χ1v) is 8.48. The van der Waals surface area contributed by atoms with Crippen LogP contribution in [0.15, 0.2) is 0 Å². The quantitative estimate of drug-likeness (QED) is 0.693. The number of nitrogens with zero attached hydrogens (tertiary/aromatic N) is 2. The third kappa shape index (κ3) is 4.31. The molecule has 6 nitrogen and oxygen atoms in total. The largest absolute Gasteiger partial charge is 0.382 e. The number of rotatable bonds is 6. The van der Waals surface area contributed by atoms with Gasteiger partial charge >= 0.3 is 0 Å². The summed E-state index contributed by atoms with van der Waals surface area (Å²) in [6, 6.07) is 0.176. The Balaban J connectivity index is 1.96. The average molecular weight is 311 g/mol. The number of aromatic nitrogens is 1. The van der Waals surface area contributed by atoms with Gasteiger partial charge in [-0.1, -0.05) is 31.1 Å². The molecule has 1 amide bonds. The Kier molecular flexibility index (Phi) is 5.81. The van der Waals surface area contributed by atoms with Crippen LogP contribution in [0.5, 0.6) is 0 Å². The van der Waals surface area contributed by atoms with E-state index < -0.39 is 0 Å². The van der Waals surface area contributed by atoms with Gasteiger partial charge in [-0.25, -0.2) is 4.98 Å². The molecule has 0 radical (unpaired) electrons. The number of amides is 1. The normalized spacial score (nSPS) is 18.8. The highest BCUT2D eigenvalue weighted by molar-refractivity contribution is 7.18. The van der Waals surface area contributed by atoms with Crippen LogP contribution in [0.3, 0.4) is 0 Å². The highest BCUT2D eigenvalue weighted by Gasteiger charge is 2.23. The molecular weight excluding hydrogens is 286 g/mol. The van der Waals surface area contributed by atoms with E-state index in [9.17, 15) is 4.79 Å². The van der Waals surface area contributed by atoms with Crippen LogP contribution in [-0.2, 0) is 0 Å². The van der Waals surface area contributed by atoms with Crippen molar-refractivity contribution < 1.29 is 4.79 Å². The van der Waals surface area contributed by atoms with E-state index in [1.165, 1.54) is 11.3 Å². The number of unbranched alkanes of at least 4 members (excludes halogenated alkanes) is 2. The standard InChI is InChI=1S/C14H25N5OS/c1-2-3-4-7-17-13(20)11-12(16)18-14(21-11)19-8-5-6-10(15)9-19/h10H,2-9,15-16H2,1H3,(H,17,20). The maximum absolute atomic E-state index is 12.1. The summed E-state index contributed by atoms with van der Waals surface area (Å²) in [5, 5.41) is 3.71. The number of nitrogens with two attached hydrogens (primary N) is 2. The van der Waals surface area contributed by atoms with E-state index in [-0.39, 0.29) is 11.9 Å². The molecule has 7 heteroatoms. The predicted molar refractivity (Wildman–Crippen MR) is 87.8 cm³/mol. The van der Waals surface area contributed by atoms with Crippen LogP contribution in [-0.4, -0.2) is 36.6 Å². The molecule has 21 heavy (non-hydrogen) atoms. The number of hydrogen-bond donors (Lipinski definition) is 3. The van der Waals surface area contributed by atoms with E-state index in [4.69, 9.17) is 11.5 Å². The number of hydrogen-bond acceptors (Lipinski definition) is 6. The number of nitrogen functional groups attached to an aromatic ring is 1. The number of piperidine rings is 1.